The molecule has 4 nitrogen and oxygen atoms in total. The Bertz CT molecular complexity index is 563. The first-order chi connectivity index (χ1) is 9.34. The summed E-state index contributed by atoms with van der Waals surface area (Å²) in [5.74, 6) is -1.07. The second-order valence-corrected chi connectivity index (χ2v) is 7.37. The molecule has 1 saturated carbocycles. The number of hydrogen-bond donors (Lipinski definition) is 2. The molecule has 0 heterocycles. The van der Waals surface area contributed by atoms with Gasteiger partial charge in [0.2, 0.25) is 0 Å². The Morgan fingerprint density at radius 3 is 2.85 bits per heavy atom. The van der Waals surface area contributed by atoms with E-state index in [1.807, 2.05) is 12.1 Å². The summed E-state index contributed by atoms with van der Waals surface area (Å²) in [4.78, 5) is 23.8. The van der Waals surface area contributed by atoms with Crippen LogP contribution in [0.3, 0.4) is 0 Å². The molecule has 1 aliphatic carbocycles. The van der Waals surface area contributed by atoms with E-state index >= 15 is 0 Å². The van der Waals surface area contributed by atoms with Crippen LogP contribution >= 0.6 is 38.5 Å². The minimum absolute atomic E-state index is 0.227. The highest BCUT2D eigenvalue weighted by Gasteiger charge is 2.46. The number of carbonyl (C=O) groups is 2. The fraction of sp³-hybridized carbons (Fsp3) is 0.429. The molecule has 0 radical (unpaired) electrons. The molecule has 2 N–H and O–H groups in total. The average molecular weight is 452 g/mol. The number of benzene rings is 1. The lowest BCUT2D eigenvalue weighted by Crippen LogP contribution is -2.47. The molecule has 0 aromatic heterocycles. The molecule has 1 aliphatic rings. The zero-order valence-corrected chi connectivity index (χ0v) is 14.7. The van der Waals surface area contributed by atoms with E-state index in [0.29, 0.717) is 22.9 Å². The Hall–Kier alpha value is -0.630. The van der Waals surface area contributed by atoms with Crippen LogP contribution in [0, 0.1) is 8.99 Å². The maximum atomic E-state index is 12.3. The van der Waals surface area contributed by atoms with E-state index in [1.54, 1.807) is 13.0 Å². The van der Waals surface area contributed by atoms with E-state index in [1.165, 1.54) is 0 Å². The quantitative estimate of drug-likeness (QED) is 0.692. The SMILES string of the molecule is CC1(C(=O)O)CCCC1NC(=O)c1cc(I)ccc1Br. The molecule has 6 heteroatoms. The number of carboxylic acid groups (broad SMARTS) is 1. The van der Waals surface area contributed by atoms with Gasteiger partial charge in [-0.3, -0.25) is 9.59 Å². The van der Waals surface area contributed by atoms with Gasteiger partial charge in [0.05, 0.1) is 11.0 Å². The van der Waals surface area contributed by atoms with Crippen molar-refractivity contribution in [2.45, 2.75) is 32.2 Å². The number of carboxylic acids is 1. The van der Waals surface area contributed by atoms with Crippen LogP contribution < -0.4 is 5.32 Å². The van der Waals surface area contributed by atoms with Crippen molar-refractivity contribution in [3.05, 3.63) is 31.8 Å². The Labute approximate surface area is 139 Å². The summed E-state index contributed by atoms with van der Waals surface area (Å²) < 4.78 is 1.67. The van der Waals surface area contributed by atoms with Gasteiger partial charge in [-0.2, -0.15) is 0 Å². The zero-order valence-electron chi connectivity index (χ0n) is 11.0. The van der Waals surface area contributed by atoms with Gasteiger partial charge < -0.3 is 10.4 Å². The van der Waals surface area contributed by atoms with Crippen molar-refractivity contribution in [3.63, 3.8) is 0 Å². The van der Waals surface area contributed by atoms with Gasteiger partial charge in [-0.05, 0) is 76.5 Å². The van der Waals surface area contributed by atoms with Gasteiger partial charge in [0.1, 0.15) is 0 Å². The van der Waals surface area contributed by atoms with Crippen LogP contribution in [0.1, 0.15) is 36.5 Å². The third-order valence-corrected chi connectivity index (χ3v) is 5.29. The van der Waals surface area contributed by atoms with E-state index in [2.05, 4.69) is 43.8 Å². The van der Waals surface area contributed by atoms with Crippen LogP contribution in [0.2, 0.25) is 0 Å². The van der Waals surface area contributed by atoms with Gasteiger partial charge in [-0.25, -0.2) is 0 Å². The normalized spacial score (nSPS) is 25.4. The molecule has 0 spiro atoms. The van der Waals surface area contributed by atoms with Crippen LogP contribution in [0.4, 0.5) is 0 Å². The molecular weight excluding hydrogens is 437 g/mol. The number of nitrogens with one attached hydrogen (secondary N) is 1. The van der Waals surface area contributed by atoms with Crippen molar-refractivity contribution in [1.82, 2.24) is 5.32 Å². The summed E-state index contributed by atoms with van der Waals surface area (Å²) >= 11 is 5.50. The van der Waals surface area contributed by atoms with Crippen LogP contribution in [0.5, 0.6) is 0 Å². The molecule has 0 aliphatic heterocycles. The molecule has 20 heavy (non-hydrogen) atoms. The van der Waals surface area contributed by atoms with Gasteiger partial charge in [0.25, 0.3) is 5.91 Å². The minimum Gasteiger partial charge on any atom is -0.481 e. The highest BCUT2D eigenvalue weighted by Crippen LogP contribution is 2.38. The lowest BCUT2D eigenvalue weighted by Gasteiger charge is -2.27. The molecule has 0 saturated heterocycles. The molecule has 2 unspecified atom stereocenters. The fourth-order valence-corrected chi connectivity index (χ4v) is 3.48. The van der Waals surface area contributed by atoms with E-state index in [4.69, 9.17) is 0 Å². The zero-order chi connectivity index (χ0) is 14.9. The third-order valence-electron chi connectivity index (χ3n) is 3.92. The van der Waals surface area contributed by atoms with Gasteiger partial charge >= 0.3 is 5.97 Å². The minimum atomic E-state index is -0.871. The van der Waals surface area contributed by atoms with E-state index in [-0.39, 0.29) is 11.9 Å². The largest absolute Gasteiger partial charge is 0.481 e. The second-order valence-electron chi connectivity index (χ2n) is 5.27. The predicted molar refractivity (Wildman–Crippen MR) is 87.7 cm³/mol. The van der Waals surface area contributed by atoms with E-state index < -0.39 is 11.4 Å². The van der Waals surface area contributed by atoms with Crippen molar-refractivity contribution in [2.75, 3.05) is 0 Å². The van der Waals surface area contributed by atoms with E-state index in [0.717, 1.165) is 9.99 Å². The number of halogens is 2. The molecule has 1 aromatic rings. The Morgan fingerprint density at radius 1 is 1.50 bits per heavy atom. The van der Waals surface area contributed by atoms with Crippen LogP contribution in [0.25, 0.3) is 0 Å². The maximum absolute atomic E-state index is 12.3. The van der Waals surface area contributed by atoms with Gasteiger partial charge in [-0.15, -0.1) is 0 Å². The second kappa shape index (κ2) is 6.01. The highest BCUT2D eigenvalue weighted by atomic mass is 127. The first-order valence-corrected chi connectivity index (χ1v) is 8.21. The number of carbonyl (C=O) groups excluding carboxylic acids is 1. The molecule has 2 rings (SSSR count). The predicted octanol–water partition coefficient (Wildman–Crippen LogP) is 3.43. The summed E-state index contributed by atoms with van der Waals surface area (Å²) in [5.41, 5.74) is -0.332. The fourth-order valence-electron chi connectivity index (χ4n) is 2.56. The molecule has 2 atom stereocenters. The van der Waals surface area contributed by atoms with Gasteiger partial charge in [0, 0.05) is 14.1 Å². The Balaban J connectivity index is 2.19. The highest BCUT2D eigenvalue weighted by molar-refractivity contribution is 14.1. The molecule has 0 bridgehead atoms. The van der Waals surface area contributed by atoms with Crippen molar-refractivity contribution in [1.29, 1.82) is 0 Å². The maximum Gasteiger partial charge on any atom is 0.311 e. The topological polar surface area (TPSA) is 66.4 Å². The lowest BCUT2D eigenvalue weighted by molar-refractivity contribution is -0.148. The summed E-state index contributed by atoms with van der Waals surface area (Å²) in [6.45, 7) is 1.71. The number of hydrogen-bond acceptors (Lipinski definition) is 2. The third kappa shape index (κ3) is 3.00. The molecule has 1 aromatic carbocycles. The Morgan fingerprint density at radius 2 is 2.20 bits per heavy atom. The van der Waals surface area contributed by atoms with Crippen LogP contribution in [-0.4, -0.2) is 23.0 Å². The molecule has 1 fully saturated rings. The summed E-state index contributed by atoms with van der Waals surface area (Å²) in [6, 6.07) is 5.19. The monoisotopic (exact) mass is 451 g/mol. The number of aliphatic carboxylic acids is 1. The van der Waals surface area contributed by atoms with Crippen molar-refractivity contribution < 1.29 is 14.7 Å². The first-order valence-electron chi connectivity index (χ1n) is 6.34. The summed E-state index contributed by atoms with van der Waals surface area (Å²) in [6.07, 6.45) is 2.12. The standard InChI is InChI=1S/C14H15BrINO3/c1-14(13(19)20)6-2-3-11(14)17-12(18)9-7-8(16)4-5-10(9)15/h4-5,7,11H,2-3,6H2,1H3,(H,17,18)(H,19,20). The van der Waals surface area contributed by atoms with Crippen molar-refractivity contribution >= 4 is 50.4 Å². The Kier molecular flexibility index (Phi) is 4.73. The summed E-state index contributed by atoms with van der Waals surface area (Å²) in [5, 5.41) is 12.2. The molecule has 108 valence electrons. The number of amides is 1. The lowest BCUT2D eigenvalue weighted by atomic mass is 9.85. The number of rotatable bonds is 3. The first kappa shape index (κ1) is 15.8. The smallest absolute Gasteiger partial charge is 0.311 e. The molecule has 1 amide bonds. The van der Waals surface area contributed by atoms with Crippen LogP contribution in [-0.2, 0) is 4.79 Å². The van der Waals surface area contributed by atoms with Crippen molar-refractivity contribution in [2.24, 2.45) is 5.41 Å². The van der Waals surface area contributed by atoms with Gasteiger partial charge in [0.15, 0.2) is 0 Å². The van der Waals surface area contributed by atoms with Crippen LogP contribution in [0.15, 0.2) is 22.7 Å². The summed E-state index contributed by atoms with van der Waals surface area (Å²) in [7, 11) is 0. The average Bonchev–Trinajstić information content (AvgIpc) is 2.75. The van der Waals surface area contributed by atoms with E-state index in [9.17, 15) is 14.7 Å². The molecular formula is C14H15BrINO3. The van der Waals surface area contributed by atoms with Crippen molar-refractivity contribution in [3.8, 4) is 0 Å². The van der Waals surface area contributed by atoms with Gasteiger partial charge in [-0.1, -0.05) is 6.42 Å².